The van der Waals surface area contributed by atoms with Crippen molar-refractivity contribution in [3.05, 3.63) is 71.3 Å². The van der Waals surface area contributed by atoms with Gasteiger partial charge in [-0.15, -0.1) is 0 Å². The van der Waals surface area contributed by atoms with E-state index in [1.807, 2.05) is 30.3 Å². The normalized spacial score (nSPS) is 16.7. The third-order valence-electron chi connectivity index (χ3n) is 5.23. The molecule has 0 fully saturated rings. The Morgan fingerprint density at radius 1 is 1.12 bits per heavy atom. The van der Waals surface area contributed by atoms with Gasteiger partial charge in [0, 0.05) is 11.9 Å². The van der Waals surface area contributed by atoms with Gasteiger partial charge in [-0.25, -0.2) is 4.98 Å². The Kier molecular flexibility index (Phi) is 4.57. The fourth-order valence-corrected chi connectivity index (χ4v) is 3.85. The molecule has 1 heterocycles. The molecule has 1 unspecified atom stereocenters. The quantitative estimate of drug-likeness (QED) is 0.704. The third-order valence-corrected chi connectivity index (χ3v) is 5.23. The van der Waals surface area contributed by atoms with Gasteiger partial charge in [0.15, 0.2) is 0 Å². The second kappa shape index (κ2) is 7.16. The minimum atomic E-state index is -0.447. The van der Waals surface area contributed by atoms with Crippen LogP contribution in [0.2, 0.25) is 0 Å². The van der Waals surface area contributed by atoms with Crippen LogP contribution in [0.25, 0.3) is 10.9 Å². The number of benzene rings is 2. The third kappa shape index (κ3) is 3.40. The van der Waals surface area contributed by atoms with Gasteiger partial charge in [0.1, 0.15) is 5.82 Å². The Morgan fingerprint density at radius 3 is 2.73 bits per heavy atom. The molecule has 132 valence electrons. The summed E-state index contributed by atoms with van der Waals surface area (Å²) in [5, 5.41) is 4.33. The first kappa shape index (κ1) is 16.6. The zero-order valence-corrected chi connectivity index (χ0v) is 14.7. The van der Waals surface area contributed by atoms with Crippen LogP contribution < -0.4 is 11.1 Å². The number of pyridine rings is 1. The number of nitrogens with one attached hydrogen (secondary N) is 1. The summed E-state index contributed by atoms with van der Waals surface area (Å²) >= 11 is 0. The van der Waals surface area contributed by atoms with E-state index in [1.54, 1.807) is 0 Å². The predicted octanol–water partition coefficient (Wildman–Crippen LogP) is 3.94. The van der Waals surface area contributed by atoms with Crippen molar-refractivity contribution in [3.8, 4) is 0 Å². The fourth-order valence-electron chi connectivity index (χ4n) is 3.85. The molecule has 4 heteroatoms. The van der Waals surface area contributed by atoms with Gasteiger partial charge in [-0.3, -0.25) is 4.79 Å². The van der Waals surface area contributed by atoms with E-state index in [0.717, 1.165) is 30.3 Å². The molecule has 3 N–H and O–H groups in total. The number of rotatable bonds is 4. The minimum absolute atomic E-state index is 0.447. The second-order valence-electron chi connectivity index (χ2n) is 7.05. The van der Waals surface area contributed by atoms with Crippen LogP contribution >= 0.6 is 0 Å². The van der Waals surface area contributed by atoms with Gasteiger partial charge in [-0.05, 0) is 54.9 Å². The highest BCUT2D eigenvalue weighted by Gasteiger charge is 2.18. The molecule has 4 rings (SSSR count). The number of carbonyl (C=O) groups is 1. The van der Waals surface area contributed by atoms with Crippen molar-refractivity contribution in [2.45, 2.75) is 25.7 Å². The highest BCUT2D eigenvalue weighted by molar-refractivity contribution is 6.01. The SMILES string of the molecule is NC(=O)c1cc2ccccc2nc1NCC1CCCc2ccccc2C1. The van der Waals surface area contributed by atoms with Gasteiger partial charge in [-0.1, -0.05) is 42.5 Å². The number of para-hydroxylation sites is 1. The number of hydrogen-bond acceptors (Lipinski definition) is 3. The van der Waals surface area contributed by atoms with Crippen molar-refractivity contribution in [1.29, 1.82) is 0 Å². The number of hydrogen-bond donors (Lipinski definition) is 2. The molecule has 0 aliphatic heterocycles. The number of aryl methyl sites for hydroxylation is 1. The molecule has 3 aromatic rings. The summed E-state index contributed by atoms with van der Waals surface area (Å²) in [6.45, 7) is 0.792. The van der Waals surface area contributed by atoms with Gasteiger partial charge in [0.25, 0.3) is 5.91 Å². The van der Waals surface area contributed by atoms with Crippen molar-refractivity contribution in [1.82, 2.24) is 4.98 Å². The zero-order valence-electron chi connectivity index (χ0n) is 14.7. The average Bonchev–Trinajstić information content (AvgIpc) is 2.87. The highest BCUT2D eigenvalue weighted by Crippen LogP contribution is 2.26. The number of fused-ring (bicyclic) bond motifs is 2. The van der Waals surface area contributed by atoms with Gasteiger partial charge in [-0.2, -0.15) is 0 Å². The maximum Gasteiger partial charge on any atom is 0.252 e. The van der Waals surface area contributed by atoms with Crippen molar-refractivity contribution >= 4 is 22.6 Å². The lowest BCUT2D eigenvalue weighted by molar-refractivity contribution is 0.100. The molecule has 0 radical (unpaired) electrons. The first-order valence-corrected chi connectivity index (χ1v) is 9.21. The van der Waals surface area contributed by atoms with Crippen molar-refractivity contribution < 1.29 is 4.79 Å². The molecular formula is C22H23N3O. The molecule has 0 spiro atoms. The lowest BCUT2D eigenvalue weighted by atomic mass is 9.96. The van der Waals surface area contributed by atoms with Crippen LogP contribution in [0.5, 0.6) is 0 Å². The molecule has 1 amide bonds. The fraction of sp³-hybridized carbons (Fsp3) is 0.273. The van der Waals surface area contributed by atoms with Gasteiger partial charge < -0.3 is 11.1 Å². The number of primary amides is 1. The maximum absolute atomic E-state index is 11.9. The minimum Gasteiger partial charge on any atom is -0.369 e. The topological polar surface area (TPSA) is 68.0 Å². The van der Waals surface area contributed by atoms with Crippen LogP contribution in [0.4, 0.5) is 5.82 Å². The first-order chi connectivity index (χ1) is 12.7. The Hall–Kier alpha value is -2.88. The van der Waals surface area contributed by atoms with E-state index in [1.165, 1.54) is 24.0 Å². The maximum atomic E-state index is 11.9. The van der Waals surface area contributed by atoms with Crippen LogP contribution in [0.15, 0.2) is 54.6 Å². The molecule has 26 heavy (non-hydrogen) atoms. The molecule has 1 aliphatic rings. The Labute approximate surface area is 153 Å². The Balaban J connectivity index is 1.56. The molecule has 1 aliphatic carbocycles. The van der Waals surface area contributed by atoms with Crippen LogP contribution in [-0.4, -0.2) is 17.4 Å². The van der Waals surface area contributed by atoms with E-state index in [2.05, 4.69) is 34.6 Å². The van der Waals surface area contributed by atoms with Crippen LogP contribution in [0, 0.1) is 5.92 Å². The van der Waals surface area contributed by atoms with E-state index < -0.39 is 5.91 Å². The lowest BCUT2D eigenvalue weighted by Crippen LogP contribution is -2.20. The molecule has 0 bridgehead atoms. The summed E-state index contributed by atoms with van der Waals surface area (Å²) in [7, 11) is 0. The lowest BCUT2D eigenvalue weighted by Gasteiger charge is -2.17. The number of carbonyl (C=O) groups excluding carboxylic acids is 1. The van der Waals surface area contributed by atoms with Crippen LogP contribution in [0.1, 0.15) is 34.3 Å². The van der Waals surface area contributed by atoms with E-state index >= 15 is 0 Å². The van der Waals surface area contributed by atoms with Crippen molar-refractivity contribution in [2.24, 2.45) is 11.7 Å². The number of nitrogens with two attached hydrogens (primary N) is 1. The summed E-state index contributed by atoms with van der Waals surface area (Å²) in [6, 6.07) is 18.3. The molecule has 0 saturated carbocycles. The summed E-state index contributed by atoms with van der Waals surface area (Å²) in [6.07, 6.45) is 4.56. The molecule has 1 aromatic heterocycles. The van der Waals surface area contributed by atoms with E-state index in [9.17, 15) is 4.79 Å². The molecule has 1 atom stereocenters. The van der Waals surface area contributed by atoms with E-state index in [0.29, 0.717) is 17.3 Å². The molecule has 2 aromatic carbocycles. The summed E-state index contributed by atoms with van der Waals surface area (Å²) < 4.78 is 0. The Bertz CT molecular complexity index is 951. The van der Waals surface area contributed by atoms with Crippen LogP contribution in [-0.2, 0) is 12.8 Å². The summed E-state index contributed by atoms with van der Waals surface area (Å²) in [4.78, 5) is 16.5. The predicted molar refractivity (Wildman–Crippen MR) is 105 cm³/mol. The van der Waals surface area contributed by atoms with Crippen molar-refractivity contribution in [2.75, 3.05) is 11.9 Å². The van der Waals surface area contributed by atoms with Gasteiger partial charge in [0.2, 0.25) is 0 Å². The standard InChI is InChI=1S/C22H23N3O/c23-21(26)19-13-18-9-3-4-11-20(18)25-22(19)24-14-15-6-5-10-16-7-1-2-8-17(16)12-15/h1-4,7-9,11,13,15H,5-6,10,12,14H2,(H2,23,26)(H,24,25). The van der Waals surface area contributed by atoms with E-state index in [4.69, 9.17) is 5.73 Å². The average molecular weight is 345 g/mol. The van der Waals surface area contributed by atoms with Crippen LogP contribution in [0.3, 0.4) is 0 Å². The monoisotopic (exact) mass is 345 g/mol. The molecular weight excluding hydrogens is 322 g/mol. The number of nitrogens with zero attached hydrogens (tertiary/aromatic N) is 1. The smallest absolute Gasteiger partial charge is 0.252 e. The highest BCUT2D eigenvalue weighted by atomic mass is 16.1. The largest absolute Gasteiger partial charge is 0.369 e. The van der Waals surface area contributed by atoms with Gasteiger partial charge in [0.05, 0.1) is 11.1 Å². The Morgan fingerprint density at radius 2 is 1.88 bits per heavy atom. The molecule has 0 saturated heterocycles. The zero-order chi connectivity index (χ0) is 17.9. The first-order valence-electron chi connectivity index (χ1n) is 9.21. The summed E-state index contributed by atoms with van der Waals surface area (Å²) in [5.74, 6) is 0.665. The van der Waals surface area contributed by atoms with Gasteiger partial charge >= 0.3 is 0 Å². The summed E-state index contributed by atoms with van der Waals surface area (Å²) in [5.41, 5.74) is 9.82. The second-order valence-corrected chi connectivity index (χ2v) is 7.05. The molecule has 4 nitrogen and oxygen atoms in total. The number of amides is 1. The number of anilines is 1. The number of aromatic nitrogens is 1. The van der Waals surface area contributed by atoms with Crippen molar-refractivity contribution in [3.63, 3.8) is 0 Å². The van der Waals surface area contributed by atoms with E-state index in [-0.39, 0.29) is 0 Å².